The van der Waals surface area contributed by atoms with Crippen LogP contribution in [0.3, 0.4) is 0 Å². The standard InChI is InChI=1S/C14H11Cl2N3O/c1-9(10-4-6-17-7-5-10)18-19-14(20)12-8-11(15)2-3-13(12)16/h2-8H,1H3,(H,19,20)/b18-9-. The summed E-state index contributed by atoms with van der Waals surface area (Å²) in [6.45, 7) is 1.79. The van der Waals surface area contributed by atoms with Crippen LogP contribution in [-0.2, 0) is 0 Å². The number of aromatic nitrogens is 1. The van der Waals surface area contributed by atoms with Gasteiger partial charge in [0.1, 0.15) is 0 Å². The first kappa shape index (κ1) is 14.5. The lowest BCUT2D eigenvalue weighted by Crippen LogP contribution is -2.19. The first-order valence-electron chi connectivity index (χ1n) is 5.78. The zero-order valence-corrected chi connectivity index (χ0v) is 12.1. The van der Waals surface area contributed by atoms with Gasteiger partial charge in [-0.25, -0.2) is 5.43 Å². The van der Waals surface area contributed by atoms with Gasteiger partial charge in [-0.2, -0.15) is 5.10 Å². The fourth-order valence-corrected chi connectivity index (χ4v) is 1.90. The topological polar surface area (TPSA) is 54.4 Å². The van der Waals surface area contributed by atoms with E-state index in [-0.39, 0.29) is 5.56 Å². The molecular formula is C14H11Cl2N3O. The number of carbonyl (C=O) groups excluding carboxylic acids is 1. The molecule has 6 heteroatoms. The van der Waals surface area contributed by atoms with Crippen molar-refractivity contribution in [2.45, 2.75) is 6.92 Å². The molecule has 0 unspecified atom stereocenters. The number of hydrogen-bond donors (Lipinski definition) is 1. The van der Waals surface area contributed by atoms with E-state index < -0.39 is 5.91 Å². The Labute approximate surface area is 126 Å². The lowest BCUT2D eigenvalue weighted by Gasteiger charge is -2.05. The molecule has 2 rings (SSSR count). The number of hydrazone groups is 1. The molecule has 0 fully saturated rings. The lowest BCUT2D eigenvalue weighted by atomic mass is 10.2. The Kier molecular flexibility index (Phi) is 4.71. The van der Waals surface area contributed by atoms with Crippen LogP contribution in [0.5, 0.6) is 0 Å². The van der Waals surface area contributed by atoms with E-state index in [4.69, 9.17) is 23.2 Å². The summed E-state index contributed by atoms with van der Waals surface area (Å²) in [5.74, 6) is -0.411. The third-order valence-electron chi connectivity index (χ3n) is 2.60. The van der Waals surface area contributed by atoms with Crippen molar-refractivity contribution in [3.63, 3.8) is 0 Å². The Hall–Kier alpha value is -1.91. The summed E-state index contributed by atoms with van der Waals surface area (Å²) in [6.07, 6.45) is 3.31. The second kappa shape index (κ2) is 6.50. The molecule has 2 aromatic rings. The largest absolute Gasteiger partial charge is 0.272 e. The van der Waals surface area contributed by atoms with Gasteiger partial charge in [0.2, 0.25) is 0 Å². The van der Waals surface area contributed by atoms with Crippen molar-refractivity contribution in [2.75, 3.05) is 0 Å². The van der Waals surface area contributed by atoms with Crippen LogP contribution in [0.4, 0.5) is 0 Å². The molecule has 1 aromatic carbocycles. The molecule has 4 nitrogen and oxygen atoms in total. The number of nitrogens with zero attached hydrogens (tertiary/aromatic N) is 2. The van der Waals surface area contributed by atoms with Gasteiger partial charge in [-0.3, -0.25) is 9.78 Å². The monoisotopic (exact) mass is 307 g/mol. The van der Waals surface area contributed by atoms with Crippen LogP contribution in [0, 0.1) is 0 Å². The molecule has 0 aliphatic rings. The minimum absolute atomic E-state index is 0.283. The summed E-state index contributed by atoms with van der Waals surface area (Å²) < 4.78 is 0. The van der Waals surface area contributed by atoms with Gasteiger partial charge < -0.3 is 0 Å². The van der Waals surface area contributed by atoms with Gasteiger partial charge in [0, 0.05) is 23.0 Å². The summed E-state index contributed by atoms with van der Waals surface area (Å²) >= 11 is 11.8. The summed E-state index contributed by atoms with van der Waals surface area (Å²) in [5, 5.41) is 4.79. The number of pyridine rings is 1. The van der Waals surface area contributed by atoms with Gasteiger partial charge in [0.25, 0.3) is 5.91 Å². The Bertz CT molecular complexity index is 657. The highest BCUT2D eigenvalue weighted by Gasteiger charge is 2.10. The molecule has 0 aliphatic carbocycles. The highest BCUT2D eigenvalue weighted by Crippen LogP contribution is 2.20. The number of benzene rings is 1. The molecule has 1 aromatic heterocycles. The average Bonchev–Trinajstić information content (AvgIpc) is 2.47. The van der Waals surface area contributed by atoms with Crippen LogP contribution >= 0.6 is 23.2 Å². The summed E-state index contributed by atoms with van der Waals surface area (Å²) in [5.41, 5.74) is 4.27. The van der Waals surface area contributed by atoms with E-state index in [1.165, 1.54) is 6.07 Å². The first-order valence-corrected chi connectivity index (χ1v) is 6.53. The van der Waals surface area contributed by atoms with Crippen LogP contribution in [-0.4, -0.2) is 16.6 Å². The van der Waals surface area contributed by atoms with Gasteiger partial charge in [0.05, 0.1) is 16.3 Å². The zero-order valence-electron chi connectivity index (χ0n) is 10.6. The van der Waals surface area contributed by atoms with Crippen molar-refractivity contribution < 1.29 is 4.79 Å². The van der Waals surface area contributed by atoms with Crippen molar-refractivity contribution in [3.8, 4) is 0 Å². The quantitative estimate of drug-likeness (QED) is 0.696. The summed E-state index contributed by atoms with van der Waals surface area (Å²) in [4.78, 5) is 15.9. The van der Waals surface area contributed by atoms with Crippen LogP contribution in [0.2, 0.25) is 10.0 Å². The van der Waals surface area contributed by atoms with Crippen LogP contribution in [0.1, 0.15) is 22.8 Å². The first-order chi connectivity index (χ1) is 9.58. The van der Waals surface area contributed by atoms with Gasteiger partial charge in [0.15, 0.2) is 0 Å². The molecule has 102 valence electrons. The molecule has 0 atom stereocenters. The normalized spacial score (nSPS) is 11.2. The number of nitrogens with one attached hydrogen (secondary N) is 1. The number of halogens is 2. The molecule has 0 saturated heterocycles. The minimum atomic E-state index is -0.411. The van der Waals surface area contributed by atoms with Crippen molar-refractivity contribution in [3.05, 3.63) is 63.9 Å². The van der Waals surface area contributed by atoms with Crippen LogP contribution in [0.15, 0.2) is 47.8 Å². The van der Waals surface area contributed by atoms with Crippen molar-refractivity contribution in [1.29, 1.82) is 0 Å². The van der Waals surface area contributed by atoms with E-state index >= 15 is 0 Å². The Morgan fingerprint density at radius 3 is 2.60 bits per heavy atom. The van der Waals surface area contributed by atoms with E-state index in [1.54, 1.807) is 43.6 Å². The van der Waals surface area contributed by atoms with Gasteiger partial charge in [-0.1, -0.05) is 23.2 Å². The van der Waals surface area contributed by atoms with Crippen LogP contribution < -0.4 is 5.43 Å². The Morgan fingerprint density at radius 1 is 1.20 bits per heavy atom. The number of rotatable bonds is 3. The molecule has 0 saturated carbocycles. The summed E-state index contributed by atoms with van der Waals surface area (Å²) in [6, 6.07) is 8.29. The molecule has 0 spiro atoms. The smallest absolute Gasteiger partial charge is 0.267 e. The SMILES string of the molecule is C/C(=N/NC(=O)c1cc(Cl)ccc1Cl)c1ccncc1. The van der Waals surface area contributed by atoms with E-state index in [2.05, 4.69) is 15.5 Å². The fourth-order valence-electron chi connectivity index (χ4n) is 1.52. The Balaban J connectivity index is 2.14. The maximum absolute atomic E-state index is 12.0. The molecule has 1 N–H and O–H groups in total. The summed E-state index contributed by atoms with van der Waals surface area (Å²) in [7, 11) is 0. The number of amides is 1. The minimum Gasteiger partial charge on any atom is -0.267 e. The highest BCUT2D eigenvalue weighted by atomic mass is 35.5. The number of hydrogen-bond acceptors (Lipinski definition) is 3. The van der Waals surface area contributed by atoms with Gasteiger partial charge in [-0.05, 0) is 37.3 Å². The van der Waals surface area contributed by atoms with E-state index in [9.17, 15) is 4.79 Å². The van der Waals surface area contributed by atoms with E-state index in [0.717, 1.165) is 5.56 Å². The second-order valence-electron chi connectivity index (χ2n) is 4.00. The third-order valence-corrected chi connectivity index (χ3v) is 3.16. The van der Waals surface area contributed by atoms with Crippen molar-refractivity contribution in [2.24, 2.45) is 5.10 Å². The van der Waals surface area contributed by atoms with Gasteiger partial charge in [-0.15, -0.1) is 0 Å². The molecule has 0 bridgehead atoms. The maximum Gasteiger partial charge on any atom is 0.272 e. The van der Waals surface area contributed by atoms with Crippen LogP contribution in [0.25, 0.3) is 0 Å². The maximum atomic E-state index is 12.0. The molecule has 0 radical (unpaired) electrons. The van der Waals surface area contributed by atoms with Crippen molar-refractivity contribution in [1.82, 2.24) is 10.4 Å². The Morgan fingerprint density at radius 2 is 1.90 bits per heavy atom. The van der Waals surface area contributed by atoms with Crippen molar-refractivity contribution >= 4 is 34.8 Å². The van der Waals surface area contributed by atoms with Gasteiger partial charge >= 0.3 is 0 Å². The average molecular weight is 308 g/mol. The molecule has 20 heavy (non-hydrogen) atoms. The third kappa shape index (κ3) is 3.56. The highest BCUT2D eigenvalue weighted by molar-refractivity contribution is 6.35. The number of carbonyl (C=O) groups is 1. The van der Waals surface area contributed by atoms with E-state index in [0.29, 0.717) is 15.8 Å². The fraction of sp³-hybridized carbons (Fsp3) is 0.0714. The predicted molar refractivity (Wildman–Crippen MR) is 80.4 cm³/mol. The second-order valence-corrected chi connectivity index (χ2v) is 4.84. The molecule has 0 aliphatic heterocycles. The molecule has 1 heterocycles. The molecule has 1 amide bonds. The molecular weight excluding hydrogens is 297 g/mol. The lowest BCUT2D eigenvalue weighted by molar-refractivity contribution is 0.0955. The zero-order chi connectivity index (χ0) is 14.5. The predicted octanol–water partition coefficient (Wildman–Crippen LogP) is 3.54. The van der Waals surface area contributed by atoms with E-state index in [1.807, 2.05) is 0 Å².